The molecule has 0 aliphatic rings. The number of hydrogen-bond donors (Lipinski definition) is 1. The van der Waals surface area contributed by atoms with Gasteiger partial charge in [0.25, 0.3) is 10.0 Å². The summed E-state index contributed by atoms with van der Waals surface area (Å²) in [6.07, 6.45) is 0.969. The van der Waals surface area contributed by atoms with Crippen LogP contribution in [-0.2, 0) is 32.6 Å². The molecule has 0 fully saturated rings. The predicted molar refractivity (Wildman–Crippen MR) is 176 cm³/mol. The number of sulfonamides is 1. The van der Waals surface area contributed by atoms with Crippen molar-refractivity contribution in [3.8, 4) is 0 Å². The van der Waals surface area contributed by atoms with Crippen molar-refractivity contribution in [3.05, 3.63) is 131 Å². The maximum atomic E-state index is 14.5. The zero-order chi connectivity index (χ0) is 31.7. The first kappa shape index (κ1) is 32.8. The highest BCUT2D eigenvalue weighted by Crippen LogP contribution is 2.27. The second-order valence-corrected chi connectivity index (χ2v) is 13.1. The highest BCUT2D eigenvalue weighted by molar-refractivity contribution is 7.92. The predicted octanol–water partition coefficient (Wildman–Crippen LogP) is 6.40. The molecule has 0 aliphatic carbocycles. The van der Waals surface area contributed by atoms with E-state index < -0.39 is 28.5 Å². The van der Waals surface area contributed by atoms with Gasteiger partial charge in [0.15, 0.2) is 0 Å². The number of nitrogens with zero attached hydrogens (tertiary/aromatic N) is 2. The van der Waals surface area contributed by atoms with Gasteiger partial charge in [-0.2, -0.15) is 0 Å². The third-order valence-electron chi connectivity index (χ3n) is 7.45. The highest BCUT2D eigenvalue weighted by atomic mass is 35.5. The van der Waals surface area contributed by atoms with Gasteiger partial charge in [0.2, 0.25) is 11.8 Å². The Morgan fingerprint density at radius 3 is 2.09 bits per heavy atom. The number of amides is 2. The number of halogens is 1. The van der Waals surface area contributed by atoms with E-state index >= 15 is 0 Å². The van der Waals surface area contributed by atoms with E-state index in [0.717, 1.165) is 21.0 Å². The van der Waals surface area contributed by atoms with Gasteiger partial charge in [0.1, 0.15) is 12.6 Å². The van der Waals surface area contributed by atoms with Crippen LogP contribution in [0.3, 0.4) is 0 Å². The SMILES string of the molecule is CC[C@@H](C)NC(=O)[C@@H](Cc1ccccc1)N(Cc1ccc(C)cc1)C(=O)CN(c1cccc(Cl)c1)S(=O)(=O)c1ccccc1. The molecule has 0 unspecified atom stereocenters. The largest absolute Gasteiger partial charge is 0.352 e. The van der Waals surface area contributed by atoms with Gasteiger partial charge in [-0.25, -0.2) is 8.42 Å². The van der Waals surface area contributed by atoms with E-state index in [2.05, 4.69) is 5.32 Å². The lowest BCUT2D eigenvalue weighted by Gasteiger charge is -2.34. The summed E-state index contributed by atoms with van der Waals surface area (Å²) in [7, 11) is -4.18. The Morgan fingerprint density at radius 1 is 0.841 bits per heavy atom. The summed E-state index contributed by atoms with van der Waals surface area (Å²) < 4.78 is 29.1. The van der Waals surface area contributed by atoms with Crippen LogP contribution in [0.2, 0.25) is 5.02 Å². The molecule has 4 aromatic rings. The number of anilines is 1. The van der Waals surface area contributed by atoms with Gasteiger partial charge < -0.3 is 10.2 Å². The van der Waals surface area contributed by atoms with Crippen molar-refractivity contribution in [2.75, 3.05) is 10.8 Å². The average molecular weight is 632 g/mol. The lowest BCUT2D eigenvalue weighted by molar-refractivity contribution is -0.140. The van der Waals surface area contributed by atoms with Crippen LogP contribution in [0.15, 0.2) is 114 Å². The van der Waals surface area contributed by atoms with Crippen LogP contribution in [0, 0.1) is 6.92 Å². The molecule has 1 N–H and O–H groups in total. The van der Waals surface area contributed by atoms with Crippen LogP contribution < -0.4 is 9.62 Å². The van der Waals surface area contributed by atoms with E-state index in [-0.39, 0.29) is 35.5 Å². The monoisotopic (exact) mass is 631 g/mol. The summed E-state index contributed by atoms with van der Waals surface area (Å²) >= 11 is 6.28. The minimum Gasteiger partial charge on any atom is -0.352 e. The first-order valence-corrected chi connectivity index (χ1v) is 16.4. The van der Waals surface area contributed by atoms with E-state index in [0.29, 0.717) is 11.4 Å². The number of carbonyl (C=O) groups is 2. The Morgan fingerprint density at radius 2 is 1.48 bits per heavy atom. The Hall–Kier alpha value is -4.14. The molecule has 0 bridgehead atoms. The van der Waals surface area contributed by atoms with Crippen molar-refractivity contribution in [2.24, 2.45) is 0 Å². The Kier molecular flexibility index (Phi) is 11.2. The third kappa shape index (κ3) is 8.49. The van der Waals surface area contributed by atoms with Gasteiger partial charge in [0.05, 0.1) is 10.6 Å². The normalized spacial score (nSPS) is 12.6. The molecule has 0 spiro atoms. The Bertz CT molecular complexity index is 1650. The first-order valence-electron chi connectivity index (χ1n) is 14.6. The molecule has 7 nitrogen and oxygen atoms in total. The van der Waals surface area contributed by atoms with Crippen LogP contribution in [0.4, 0.5) is 5.69 Å². The number of carbonyl (C=O) groups excluding carboxylic acids is 2. The van der Waals surface area contributed by atoms with E-state index in [4.69, 9.17) is 11.6 Å². The highest BCUT2D eigenvalue weighted by Gasteiger charge is 2.35. The fraction of sp³-hybridized carbons (Fsp3) is 0.257. The van der Waals surface area contributed by atoms with Gasteiger partial charge in [-0.05, 0) is 61.7 Å². The van der Waals surface area contributed by atoms with Gasteiger partial charge in [0, 0.05) is 24.0 Å². The third-order valence-corrected chi connectivity index (χ3v) is 9.48. The molecule has 0 saturated carbocycles. The molecule has 4 rings (SSSR count). The summed E-state index contributed by atoms with van der Waals surface area (Å²) in [5, 5.41) is 3.37. The number of rotatable bonds is 13. The topological polar surface area (TPSA) is 86.8 Å². The quantitative estimate of drug-likeness (QED) is 0.185. The van der Waals surface area contributed by atoms with Crippen LogP contribution in [-0.4, -0.2) is 43.8 Å². The van der Waals surface area contributed by atoms with E-state index in [9.17, 15) is 18.0 Å². The zero-order valence-electron chi connectivity index (χ0n) is 25.2. The van der Waals surface area contributed by atoms with Crippen LogP contribution in [0.25, 0.3) is 0 Å². The molecule has 0 saturated heterocycles. The van der Waals surface area contributed by atoms with Crippen molar-refractivity contribution >= 4 is 39.1 Å². The summed E-state index contributed by atoms with van der Waals surface area (Å²) in [5.41, 5.74) is 3.00. The first-order chi connectivity index (χ1) is 21.1. The second-order valence-electron chi connectivity index (χ2n) is 10.8. The van der Waals surface area contributed by atoms with Gasteiger partial charge >= 0.3 is 0 Å². The molecule has 0 heterocycles. The van der Waals surface area contributed by atoms with Gasteiger partial charge in [-0.15, -0.1) is 0 Å². The number of aryl methyl sites for hydroxylation is 1. The number of benzene rings is 4. The number of nitrogens with one attached hydrogen (secondary N) is 1. The molecule has 0 radical (unpaired) electrons. The molecule has 4 aromatic carbocycles. The Labute approximate surface area is 265 Å². The molecule has 2 atom stereocenters. The lowest BCUT2D eigenvalue weighted by Crippen LogP contribution is -2.54. The fourth-order valence-corrected chi connectivity index (χ4v) is 6.38. The van der Waals surface area contributed by atoms with Crippen molar-refractivity contribution in [3.63, 3.8) is 0 Å². The maximum Gasteiger partial charge on any atom is 0.264 e. The van der Waals surface area contributed by atoms with E-state index in [1.807, 2.05) is 75.4 Å². The minimum absolute atomic E-state index is 0.0354. The standard InChI is InChI=1S/C35H38ClN3O4S/c1-4-27(3)37-35(41)33(22-28-12-7-5-8-13-28)38(24-29-20-18-26(2)19-21-29)34(40)25-39(31-15-11-14-30(36)23-31)44(42,43)32-16-9-6-10-17-32/h5-21,23,27,33H,4,22,24-25H2,1-3H3,(H,37,41)/t27-,33-/m1/s1. The number of hydrogen-bond acceptors (Lipinski definition) is 4. The molecule has 0 aliphatic heterocycles. The van der Waals surface area contributed by atoms with Gasteiger partial charge in [-0.3, -0.25) is 13.9 Å². The van der Waals surface area contributed by atoms with Crippen LogP contribution in [0.1, 0.15) is 37.0 Å². The minimum atomic E-state index is -4.18. The average Bonchev–Trinajstić information content (AvgIpc) is 3.03. The van der Waals surface area contributed by atoms with Crippen molar-refractivity contribution in [1.82, 2.24) is 10.2 Å². The molecule has 0 aromatic heterocycles. The lowest BCUT2D eigenvalue weighted by atomic mass is 10.0. The van der Waals surface area contributed by atoms with E-state index in [1.165, 1.54) is 23.1 Å². The summed E-state index contributed by atoms with van der Waals surface area (Å²) in [6.45, 7) is 5.44. The molecular formula is C35H38ClN3O4S. The summed E-state index contributed by atoms with van der Waals surface area (Å²) in [6, 6.07) is 30.5. The molecule has 2 amide bonds. The van der Waals surface area contributed by atoms with Crippen molar-refractivity contribution in [2.45, 2.75) is 57.1 Å². The molecule has 9 heteroatoms. The summed E-state index contributed by atoms with van der Waals surface area (Å²) in [5.74, 6) is -0.825. The van der Waals surface area contributed by atoms with Crippen LogP contribution >= 0.6 is 11.6 Å². The molecule has 44 heavy (non-hydrogen) atoms. The van der Waals surface area contributed by atoms with Crippen LogP contribution in [0.5, 0.6) is 0 Å². The second kappa shape index (κ2) is 15.0. The molecule has 230 valence electrons. The van der Waals surface area contributed by atoms with E-state index in [1.54, 1.807) is 36.4 Å². The van der Waals surface area contributed by atoms with Gasteiger partial charge in [-0.1, -0.05) is 103 Å². The smallest absolute Gasteiger partial charge is 0.264 e. The van der Waals surface area contributed by atoms with Crippen molar-refractivity contribution < 1.29 is 18.0 Å². The zero-order valence-corrected chi connectivity index (χ0v) is 26.8. The van der Waals surface area contributed by atoms with Crippen molar-refractivity contribution in [1.29, 1.82) is 0 Å². The Balaban J connectivity index is 1.80. The molecular weight excluding hydrogens is 594 g/mol. The maximum absolute atomic E-state index is 14.5. The summed E-state index contributed by atoms with van der Waals surface area (Å²) in [4.78, 5) is 29.9. The fourth-order valence-electron chi connectivity index (χ4n) is 4.76.